The number of rotatable bonds is 4. The Kier molecular flexibility index (Phi) is 4.02. The number of nitrogens with one attached hydrogen (secondary N) is 2. The molecule has 0 bridgehead atoms. The van der Waals surface area contributed by atoms with Crippen LogP contribution in [0, 0.1) is 6.92 Å². The van der Waals surface area contributed by atoms with Gasteiger partial charge >= 0.3 is 6.09 Å². The Morgan fingerprint density at radius 2 is 1.87 bits per heavy atom. The highest BCUT2D eigenvalue weighted by molar-refractivity contribution is 6.04. The summed E-state index contributed by atoms with van der Waals surface area (Å²) in [4.78, 5) is 22.8. The molecule has 2 aromatic rings. The van der Waals surface area contributed by atoms with Gasteiger partial charge in [0.25, 0.3) is 5.91 Å². The topological polar surface area (TPSA) is 78.4 Å². The first kappa shape index (κ1) is 15.1. The number of anilines is 1. The lowest BCUT2D eigenvalue weighted by atomic mass is 10.1. The summed E-state index contributed by atoms with van der Waals surface area (Å²) in [6.07, 6.45) is -0.164. The molecule has 0 radical (unpaired) electrons. The second-order valence-corrected chi connectivity index (χ2v) is 5.79. The van der Waals surface area contributed by atoms with E-state index in [0.29, 0.717) is 5.56 Å². The van der Waals surface area contributed by atoms with Gasteiger partial charge in [0.05, 0.1) is 0 Å². The van der Waals surface area contributed by atoms with Crippen LogP contribution in [0.15, 0.2) is 48.5 Å². The van der Waals surface area contributed by atoms with Crippen molar-refractivity contribution >= 4 is 17.7 Å². The Morgan fingerprint density at radius 1 is 1.13 bits per heavy atom. The molecule has 5 heteroatoms. The molecule has 3 rings (SSSR count). The zero-order chi connectivity index (χ0) is 16.4. The van der Waals surface area contributed by atoms with Crippen LogP contribution in [0.1, 0.15) is 33.8 Å². The van der Waals surface area contributed by atoms with Gasteiger partial charge in [0.15, 0.2) is 0 Å². The Bertz CT molecular complexity index is 743. The van der Waals surface area contributed by atoms with Gasteiger partial charge in [-0.15, -0.1) is 0 Å². The molecular formula is C18H18N2O3. The minimum atomic E-state index is -0.985. The largest absolute Gasteiger partial charge is 0.465 e. The van der Waals surface area contributed by atoms with Crippen LogP contribution in [0.5, 0.6) is 0 Å². The fraction of sp³-hybridized carbons (Fsp3) is 0.222. The molecule has 3 N–H and O–H groups in total. The van der Waals surface area contributed by atoms with Gasteiger partial charge < -0.3 is 15.7 Å². The zero-order valence-corrected chi connectivity index (χ0v) is 12.7. The SMILES string of the molecule is Cc1cc([C@@H]2C[C@H]2NC(=O)O)ccc1NC(=O)c1ccccc1. The van der Waals surface area contributed by atoms with E-state index < -0.39 is 6.09 Å². The van der Waals surface area contributed by atoms with Gasteiger partial charge in [-0.1, -0.05) is 30.3 Å². The molecule has 1 aliphatic carbocycles. The van der Waals surface area contributed by atoms with Crippen molar-refractivity contribution in [2.45, 2.75) is 25.3 Å². The number of hydrogen-bond acceptors (Lipinski definition) is 2. The molecule has 0 aliphatic heterocycles. The van der Waals surface area contributed by atoms with Gasteiger partial charge in [0.2, 0.25) is 0 Å². The summed E-state index contributed by atoms with van der Waals surface area (Å²) < 4.78 is 0. The molecule has 0 unspecified atom stereocenters. The van der Waals surface area contributed by atoms with Crippen molar-refractivity contribution in [1.82, 2.24) is 5.32 Å². The van der Waals surface area contributed by atoms with Crippen LogP contribution in [-0.2, 0) is 0 Å². The number of hydrogen-bond donors (Lipinski definition) is 3. The number of carboxylic acid groups (broad SMARTS) is 1. The first-order valence-electron chi connectivity index (χ1n) is 7.51. The number of benzene rings is 2. The van der Waals surface area contributed by atoms with Crippen LogP contribution in [0.4, 0.5) is 10.5 Å². The van der Waals surface area contributed by atoms with Gasteiger partial charge in [0, 0.05) is 23.2 Å². The minimum absolute atomic E-state index is 0.00309. The molecule has 0 spiro atoms. The van der Waals surface area contributed by atoms with E-state index in [0.717, 1.165) is 23.2 Å². The fourth-order valence-electron chi connectivity index (χ4n) is 2.72. The van der Waals surface area contributed by atoms with Crippen molar-refractivity contribution in [2.24, 2.45) is 0 Å². The molecule has 23 heavy (non-hydrogen) atoms. The summed E-state index contributed by atoms with van der Waals surface area (Å²) in [7, 11) is 0. The van der Waals surface area contributed by atoms with E-state index in [1.54, 1.807) is 12.1 Å². The molecule has 2 atom stereocenters. The molecule has 118 valence electrons. The average Bonchev–Trinajstić information content (AvgIpc) is 3.28. The summed E-state index contributed by atoms with van der Waals surface area (Å²) >= 11 is 0. The third-order valence-electron chi connectivity index (χ3n) is 4.06. The summed E-state index contributed by atoms with van der Waals surface area (Å²) in [5.74, 6) is 0.0852. The predicted molar refractivity (Wildman–Crippen MR) is 87.9 cm³/mol. The maximum absolute atomic E-state index is 12.2. The van der Waals surface area contributed by atoms with Gasteiger partial charge in [0.1, 0.15) is 0 Å². The summed E-state index contributed by atoms with van der Waals surface area (Å²) in [6.45, 7) is 1.94. The monoisotopic (exact) mass is 310 g/mol. The summed E-state index contributed by atoms with van der Waals surface area (Å²) in [5.41, 5.74) is 3.45. The standard InChI is InChI=1S/C18H18N2O3/c1-11-9-13(14-10-16(14)20-18(22)23)7-8-15(11)19-17(21)12-5-3-2-4-6-12/h2-9,14,16,20H,10H2,1H3,(H,19,21)(H,22,23)/t14-,16+/m0/s1. The summed E-state index contributed by atoms with van der Waals surface area (Å²) in [5, 5.41) is 14.1. The fourth-order valence-corrected chi connectivity index (χ4v) is 2.72. The van der Waals surface area contributed by atoms with Crippen LogP contribution in [0.2, 0.25) is 0 Å². The third kappa shape index (κ3) is 3.51. The van der Waals surface area contributed by atoms with E-state index in [-0.39, 0.29) is 17.9 Å². The van der Waals surface area contributed by atoms with Gasteiger partial charge in [-0.05, 0) is 42.7 Å². The van der Waals surface area contributed by atoms with Crippen molar-refractivity contribution in [2.75, 3.05) is 5.32 Å². The molecule has 1 aliphatic rings. The van der Waals surface area contributed by atoms with Crippen molar-refractivity contribution in [3.05, 3.63) is 65.2 Å². The van der Waals surface area contributed by atoms with Gasteiger partial charge in [-0.25, -0.2) is 4.79 Å². The number of amides is 2. The highest BCUT2D eigenvalue weighted by Crippen LogP contribution is 2.41. The lowest BCUT2D eigenvalue weighted by molar-refractivity contribution is 0.102. The number of aryl methyl sites for hydroxylation is 1. The Hall–Kier alpha value is -2.82. The lowest BCUT2D eigenvalue weighted by Crippen LogP contribution is -2.24. The molecule has 1 saturated carbocycles. The van der Waals surface area contributed by atoms with E-state index >= 15 is 0 Å². The van der Waals surface area contributed by atoms with E-state index in [4.69, 9.17) is 5.11 Å². The van der Waals surface area contributed by atoms with Gasteiger partial charge in [-0.3, -0.25) is 4.79 Å². The van der Waals surface area contributed by atoms with E-state index in [1.807, 2.05) is 43.3 Å². The maximum atomic E-state index is 12.2. The Morgan fingerprint density at radius 3 is 2.52 bits per heavy atom. The smallest absolute Gasteiger partial charge is 0.404 e. The first-order valence-corrected chi connectivity index (χ1v) is 7.51. The molecule has 0 aromatic heterocycles. The van der Waals surface area contributed by atoms with Crippen LogP contribution < -0.4 is 10.6 Å². The maximum Gasteiger partial charge on any atom is 0.404 e. The quantitative estimate of drug-likeness (QED) is 0.810. The van der Waals surface area contributed by atoms with E-state index in [1.165, 1.54) is 0 Å². The van der Waals surface area contributed by atoms with E-state index in [2.05, 4.69) is 10.6 Å². The van der Waals surface area contributed by atoms with Crippen LogP contribution in [-0.4, -0.2) is 23.1 Å². The highest BCUT2D eigenvalue weighted by Gasteiger charge is 2.39. The minimum Gasteiger partial charge on any atom is -0.465 e. The van der Waals surface area contributed by atoms with Crippen molar-refractivity contribution in [3.63, 3.8) is 0 Å². The lowest BCUT2D eigenvalue weighted by Gasteiger charge is -2.10. The molecular weight excluding hydrogens is 292 g/mol. The Labute approximate surface area is 134 Å². The van der Waals surface area contributed by atoms with Crippen molar-refractivity contribution in [3.8, 4) is 0 Å². The molecule has 5 nitrogen and oxygen atoms in total. The first-order chi connectivity index (χ1) is 11.0. The van der Waals surface area contributed by atoms with E-state index in [9.17, 15) is 9.59 Å². The summed E-state index contributed by atoms with van der Waals surface area (Å²) in [6, 6.07) is 14.9. The molecule has 2 amide bonds. The average molecular weight is 310 g/mol. The van der Waals surface area contributed by atoms with Crippen LogP contribution in [0.25, 0.3) is 0 Å². The highest BCUT2D eigenvalue weighted by atomic mass is 16.4. The van der Waals surface area contributed by atoms with Gasteiger partial charge in [-0.2, -0.15) is 0 Å². The van der Waals surface area contributed by atoms with Crippen molar-refractivity contribution in [1.29, 1.82) is 0 Å². The second-order valence-electron chi connectivity index (χ2n) is 5.79. The van der Waals surface area contributed by atoms with Crippen LogP contribution >= 0.6 is 0 Å². The number of carbonyl (C=O) groups excluding carboxylic acids is 1. The Balaban J connectivity index is 1.68. The normalized spacial score (nSPS) is 19.0. The second kappa shape index (κ2) is 6.12. The molecule has 0 heterocycles. The molecule has 0 saturated heterocycles. The number of carbonyl (C=O) groups is 2. The van der Waals surface area contributed by atoms with Crippen molar-refractivity contribution < 1.29 is 14.7 Å². The predicted octanol–water partition coefficient (Wildman–Crippen LogP) is 3.37. The molecule has 1 fully saturated rings. The zero-order valence-electron chi connectivity index (χ0n) is 12.7. The van der Waals surface area contributed by atoms with Crippen LogP contribution in [0.3, 0.4) is 0 Å². The molecule has 2 aromatic carbocycles. The third-order valence-corrected chi connectivity index (χ3v) is 4.06.